The second-order valence-electron chi connectivity index (χ2n) is 6.24. The van der Waals surface area contributed by atoms with Crippen molar-refractivity contribution in [2.24, 2.45) is 0 Å². The number of aromatic nitrogens is 2. The molecule has 0 saturated heterocycles. The Morgan fingerprint density at radius 2 is 1.87 bits per heavy atom. The Hall–Kier alpha value is -1.66. The zero-order valence-electron chi connectivity index (χ0n) is 13.6. The Morgan fingerprint density at radius 3 is 2.52 bits per heavy atom. The van der Waals surface area contributed by atoms with E-state index in [0.29, 0.717) is 23.2 Å². The van der Waals surface area contributed by atoms with Gasteiger partial charge in [0.15, 0.2) is 0 Å². The van der Waals surface area contributed by atoms with Crippen LogP contribution in [0.4, 0.5) is 0 Å². The van der Waals surface area contributed by atoms with E-state index in [4.69, 9.17) is 0 Å². The van der Waals surface area contributed by atoms with Gasteiger partial charge in [-0.1, -0.05) is 43.2 Å². The fourth-order valence-electron chi connectivity index (χ4n) is 3.17. The number of rotatable bonds is 5. The van der Waals surface area contributed by atoms with Gasteiger partial charge in [-0.2, -0.15) is 9.40 Å². The summed E-state index contributed by atoms with van der Waals surface area (Å²) in [6, 6.07) is 9.96. The van der Waals surface area contributed by atoms with Crippen LogP contribution in [0.5, 0.6) is 0 Å². The van der Waals surface area contributed by atoms with Gasteiger partial charge < -0.3 is 0 Å². The number of sulfonamides is 1. The van der Waals surface area contributed by atoms with Crippen molar-refractivity contribution in [3.8, 4) is 0 Å². The maximum Gasteiger partial charge on any atom is 0.246 e. The van der Waals surface area contributed by atoms with Crippen LogP contribution in [0.25, 0.3) is 0 Å². The van der Waals surface area contributed by atoms with Gasteiger partial charge in [-0.25, -0.2) is 8.42 Å². The number of benzene rings is 1. The van der Waals surface area contributed by atoms with E-state index in [-0.39, 0.29) is 0 Å². The molecule has 124 valence electrons. The van der Waals surface area contributed by atoms with Crippen LogP contribution >= 0.6 is 0 Å². The summed E-state index contributed by atoms with van der Waals surface area (Å²) in [6.45, 7) is 2.13. The first-order valence-corrected chi connectivity index (χ1v) is 9.48. The third-order valence-electron chi connectivity index (χ3n) is 4.51. The fraction of sp³-hybridized carbons (Fsp3) is 0.471. The molecule has 1 saturated carbocycles. The van der Waals surface area contributed by atoms with E-state index in [1.807, 2.05) is 35.0 Å². The molecule has 0 unspecified atom stereocenters. The molecular weight excluding hydrogens is 310 g/mol. The summed E-state index contributed by atoms with van der Waals surface area (Å²) >= 11 is 0. The number of aryl methyl sites for hydroxylation is 1. The molecule has 23 heavy (non-hydrogen) atoms. The number of nitrogens with zero attached hydrogens (tertiary/aromatic N) is 3. The quantitative estimate of drug-likeness (QED) is 0.845. The van der Waals surface area contributed by atoms with E-state index in [1.165, 1.54) is 17.1 Å². The van der Waals surface area contributed by atoms with Crippen molar-refractivity contribution in [2.45, 2.75) is 50.1 Å². The maximum atomic E-state index is 12.9. The first-order chi connectivity index (χ1) is 11.0. The van der Waals surface area contributed by atoms with E-state index in [0.717, 1.165) is 18.4 Å². The lowest BCUT2D eigenvalue weighted by atomic mass is 10.2. The lowest BCUT2D eigenvalue weighted by molar-refractivity contribution is 0.460. The molecule has 1 aliphatic rings. The Labute approximate surface area is 138 Å². The van der Waals surface area contributed by atoms with Crippen LogP contribution < -0.4 is 0 Å². The third-order valence-corrected chi connectivity index (χ3v) is 6.41. The van der Waals surface area contributed by atoms with Crippen LogP contribution in [0.3, 0.4) is 0 Å². The molecule has 2 aromatic rings. The second kappa shape index (κ2) is 6.45. The molecule has 0 aliphatic heterocycles. The molecule has 6 heteroatoms. The highest BCUT2D eigenvalue weighted by molar-refractivity contribution is 7.89. The highest BCUT2D eigenvalue weighted by atomic mass is 32.2. The molecular formula is C17H23N3O2S. The zero-order valence-corrected chi connectivity index (χ0v) is 14.5. The highest BCUT2D eigenvalue weighted by Gasteiger charge is 2.27. The molecule has 0 spiro atoms. The minimum atomic E-state index is -3.53. The van der Waals surface area contributed by atoms with Crippen molar-refractivity contribution in [1.82, 2.24) is 14.1 Å². The maximum absolute atomic E-state index is 12.9. The molecule has 1 fully saturated rings. The molecule has 1 heterocycles. The topological polar surface area (TPSA) is 55.2 Å². The Bertz CT molecular complexity index is 762. The van der Waals surface area contributed by atoms with Crippen molar-refractivity contribution in [3.63, 3.8) is 0 Å². The lowest BCUT2D eigenvalue weighted by Crippen LogP contribution is -2.26. The summed E-state index contributed by atoms with van der Waals surface area (Å²) in [7, 11) is -1.91. The molecule has 0 bridgehead atoms. The molecule has 0 atom stereocenters. The van der Waals surface area contributed by atoms with Crippen LogP contribution in [0.15, 0.2) is 41.4 Å². The monoisotopic (exact) mass is 333 g/mol. The molecule has 0 amide bonds. The average molecular weight is 333 g/mol. The molecule has 0 radical (unpaired) electrons. The lowest BCUT2D eigenvalue weighted by Gasteiger charge is -2.16. The van der Waals surface area contributed by atoms with Crippen molar-refractivity contribution in [1.29, 1.82) is 0 Å². The molecule has 1 aliphatic carbocycles. The normalized spacial score (nSPS) is 16.3. The van der Waals surface area contributed by atoms with Crippen molar-refractivity contribution < 1.29 is 8.42 Å². The fourth-order valence-corrected chi connectivity index (χ4v) is 4.48. The van der Waals surface area contributed by atoms with Gasteiger partial charge in [0.2, 0.25) is 10.0 Å². The number of hydrogen-bond acceptors (Lipinski definition) is 3. The van der Waals surface area contributed by atoms with Crippen molar-refractivity contribution in [3.05, 3.63) is 47.8 Å². The Balaban J connectivity index is 1.84. The Kier molecular flexibility index (Phi) is 4.55. The zero-order chi connectivity index (χ0) is 16.4. The largest absolute Gasteiger partial charge is 0.268 e. The van der Waals surface area contributed by atoms with E-state index in [2.05, 4.69) is 5.10 Å². The van der Waals surface area contributed by atoms with Crippen molar-refractivity contribution >= 4 is 10.0 Å². The molecule has 3 rings (SSSR count). The predicted molar refractivity (Wildman–Crippen MR) is 89.6 cm³/mol. The van der Waals surface area contributed by atoms with Gasteiger partial charge in [0, 0.05) is 19.8 Å². The van der Waals surface area contributed by atoms with Crippen molar-refractivity contribution in [2.75, 3.05) is 7.05 Å². The summed E-state index contributed by atoms with van der Waals surface area (Å²) in [4.78, 5) is 0.322. The summed E-state index contributed by atoms with van der Waals surface area (Å²) < 4.78 is 29.0. The van der Waals surface area contributed by atoms with Gasteiger partial charge in [-0.15, -0.1) is 0 Å². The summed E-state index contributed by atoms with van der Waals surface area (Å²) in [5.74, 6) is 0. The predicted octanol–water partition coefficient (Wildman–Crippen LogP) is 3.13. The molecule has 1 aromatic heterocycles. The first kappa shape index (κ1) is 16.2. The average Bonchev–Trinajstić information content (AvgIpc) is 3.17. The highest BCUT2D eigenvalue weighted by Crippen LogP contribution is 2.30. The Morgan fingerprint density at radius 1 is 1.22 bits per heavy atom. The van der Waals surface area contributed by atoms with Gasteiger partial charge in [0.25, 0.3) is 0 Å². The van der Waals surface area contributed by atoms with Crippen LogP contribution in [0.1, 0.15) is 43.0 Å². The van der Waals surface area contributed by atoms with Crippen LogP contribution in [-0.4, -0.2) is 29.6 Å². The summed E-state index contributed by atoms with van der Waals surface area (Å²) in [5, 5.41) is 4.46. The van der Waals surface area contributed by atoms with Gasteiger partial charge in [-0.05, 0) is 25.3 Å². The van der Waals surface area contributed by atoms with E-state index < -0.39 is 10.0 Å². The smallest absolute Gasteiger partial charge is 0.246 e. The van der Waals surface area contributed by atoms with Gasteiger partial charge >= 0.3 is 0 Å². The SMILES string of the molecule is Cc1nn(C2CCCC2)cc1S(=O)(=O)N(C)Cc1ccccc1. The second-order valence-corrected chi connectivity index (χ2v) is 8.26. The van der Waals surface area contributed by atoms with E-state index in [1.54, 1.807) is 20.2 Å². The van der Waals surface area contributed by atoms with E-state index in [9.17, 15) is 8.42 Å². The van der Waals surface area contributed by atoms with E-state index >= 15 is 0 Å². The summed E-state index contributed by atoms with van der Waals surface area (Å²) in [6.07, 6.45) is 6.27. The summed E-state index contributed by atoms with van der Waals surface area (Å²) in [5.41, 5.74) is 1.55. The van der Waals surface area contributed by atoms with Crippen LogP contribution in [0.2, 0.25) is 0 Å². The first-order valence-electron chi connectivity index (χ1n) is 8.04. The van der Waals surface area contributed by atoms with Crippen LogP contribution in [-0.2, 0) is 16.6 Å². The minimum absolute atomic E-state index is 0.322. The third kappa shape index (κ3) is 3.33. The van der Waals surface area contributed by atoms with Gasteiger partial charge in [0.05, 0.1) is 11.7 Å². The minimum Gasteiger partial charge on any atom is -0.268 e. The van der Waals surface area contributed by atoms with Crippen LogP contribution in [0, 0.1) is 6.92 Å². The molecule has 5 nitrogen and oxygen atoms in total. The standard InChI is InChI=1S/C17H23N3O2S/c1-14-17(13-20(18-14)16-10-6-7-11-16)23(21,22)19(2)12-15-8-4-3-5-9-15/h3-5,8-9,13,16H,6-7,10-12H2,1-2H3. The molecule has 0 N–H and O–H groups in total. The van der Waals surface area contributed by atoms with Gasteiger partial charge in [0.1, 0.15) is 4.90 Å². The van der Waals surface area contributed by atoms with Gasteiger partial charge in [-0.3, -0.25) is 4.68 Å². The number of hydrogen-bond donors (Lipinski definition) is 0. The molecule has 1 aromatic carbocycles.